The van der Waals surface area contributed by atoms with Crippen molar-refractivity contribution in [3.63, 3.8) is 0 Å². The van der Waals surface area contributed by atoms with Crippen molar-refractivity contribution in [3.8, 4) is 5.75 Å². The number of aryl methyl sites for hydroxylation is 1. The summed E-state index contributed by atoms with van der Waals surface area (Å²) in [4.78, 5) is 3.21. The number of fused-ring (bicyclic) bond motifs is 1. The molecule has 0 aliphatic heterocycles. The standard InChI is InChI=1S/C18H20N2O/c1-3-21-18-10-13(2)4-6-17(18)20-12-14-5-7-16-15(11-14)8-9-19-16/h4-11,19-20H,3,12H2,1-2H3. The van der Waals surface area contributed by atoms with Crippen LogP contribution in [0.3, 0.4) is 0 Å². The molecule has 0 bridgehead atoms. The summed E-state index contributed by atoms with van der Waals surface area (Å²) in [6.07, 6.45) is 1.97. The minimum atomic E-state index is 0.674. The van der Waals surface area contributed by atoms with Crippen molar-refractivity contribution in [2.24, 2.45) is 0 Å². The maximum absolute atomic E-state index is 5.70. The van der Waals surface area contributed by atoms with E-state index in [0.29, 0.717) is 6.61 Å². The first-order valence-corrected chi connectivity index (χ1v) is 7.29. The summed E-state index contributed by atoms with van der Waals surface area (Å²) in [5.41, 5.74) is 4.67. The Kier molecular flexibility index (Phi) is 3.82. The summed E-state index contributed by atoms with van der Waals surface area (Å²) in [7, 11) is 0. The molecule has 0 radical (unpaired) electrons. The zero-order valence-electron chi connectivity index (χ0n) is 12.4. The predicted octanol–water partition coefficient (Wildman–Crippen LogP) is 4.49. The molecule has 0 amide bonds. The molecule has 2 N–H and O–H groups in total. The third-order valence-electron chi connectivity index (χ3n) is 3.54. The molecule has 0 aliphatic rings. The summed E-state index contributed by atoms with van der Waals surface area (Å²) in [6.45, 7) is 5.54. The lowest BCUT2D eigenvalue weighted by Gasteiger charge is -2.13. The van der Waals surface area contributed by atoms with Gasteiger partial charge in [-0.2, -0.15) is 0 Å². The largest absolute Gasteiger partial charge is 0.492 e. The van der Waals surface area contributed by atoms with Crippen molar-refractivity contribution in [2.75, 3.05) is 11.9 Å². The number of nitrogens with one attached hydrogen (secondary N) is 2. The number of H-pyrrole nitrogens is 1. The predicted molar refractivity (Wildman–Crippen MR) is 88.0 cm³/mol. The van der Waals surface area contributed by atoms with E-state index in [0.717, 1.165) is 18.0 Å². The molecule has 1 aromatic heterocycles. The zero-order chi connectivity index (χ0) is 14.7. The Morgan fingerprint density at radius 2 is 2.00 bits per heavy atom. The van der Waals surface area contributed by atoms with Gasteiger partial charge in [0.05, 0.1) is 12.3 Å². The van der Waals surface area contributed by atoms with Crippen molar-refractivity contribution in [2.45, 2.75) is 20.4 Å². The first-order valence-electron chi connectivity index (χ1n) is 7.29. The van der Waals surface area contributed by atoms with E-state index >= 15 is 0 Å². The van der Waals surface area contributed by atoms with Gasteiger partial charge in [0, 0.05) is 18.3 Å². The van der Waals surface area contributed by atoms with Crippen LogP contribution in [0.5, 0.6) is 5.75 Å². The molecule has 1 heterocycles. The van der Waals surface area contributed by atoms with Crippen LogP contribution in [0.25, 0.3) is 10.9 Å². The van der Waals surface area contributed by atoms with Crippen LogP contribution in [0, 0.1) is 6.92 Å². The fraction of sp³-hybridized carbons (Fsp3) is 0.222. The van der Waals surface area contributed by atoms with E-state index in [1.807, 2.05) is 13.1 Å². The maximum atomic E-state index is 5.70. The van der Waals surface area contributed by atoms with Crippen LogP contribution in [0.1, 0.15) is 18.1 Å². The lowest BCUT2D eigenvalue weighted by Crippen LogP contribution is -2.03. The second kappa shape index (κ2) is 5.92. The Balaban J connectivity index is 1.77. The molecule has 3 rings (SSSR count). The summed E-state index contributed by atoms with van der Waals surface area (Å²) in [5.74, 6) is 0.917. The van der Waals surface area contributed by atoms with Crippen molar-refractivity contribution >= 4 is 16.6 Å². The van der Waals surface area contributed by atoms with Gasteiger partial charge in [0.25, 0.3) is 0 Å². The van der Waals surface area contributed by atoms with E-state index in [-0.39, 0.29) is 0 Å². The number of aromatic nitrogens is 1. The molecule has 108 valence electrons. The molecule has 0 atom stereocenters. The average Bonchev–Trinajstić information content (AvgIpc) is 2.94. The van der Waals surface area contributed by atoms with Crippen molar-refractivity contribution < 1.29 is 4.74 Å². The van der Waals surface area contributed by atoms with Crippen LogP contribution in [0.15, 0.2) is 48.7 Å². The Labute approximate surface area is 125 Å². The molecule has 0 aliphatic carbocycles. The van der Waals surface area contributed by atoms with Crippen molar-refractivity contribution in [1.82, 2.24) is 4.98 Å². The van der Waals surface area contributed by atoms with Gasteiger partial charge in [-0.3, -0.25) is 0 Å². The molecule has 0 spiro atoms. The number of aromatic amines is 1. The molecule has 0 saturated carbocycles. The van der Waals surface area contributed by atoms with Crippen LogP contribution in [0.2, 0.25) is 0 Å². The summed E-state index contributed by atoms with van der Waals surface area (Å²) < 4.78 is 5.70. The second-order valence-corrected chi connectivity index (χ2v) is 5.19. The monoisotopic (exact) mass is 280 g/mol. The average molecular weight is 280 g/mol. The van der Waals surface area contributed by atoms with E-state index in [4.69, 9.17) is 4.74 Å². The maximum Gasteiger partial charge on any atom is 0.142 e. The van der Waals surface area contributed by atoms with Crippen molar-refractivity contribution in [1.29, 1.82) is 0 Å². The quantitative estimate of drug-likeness (QED) is 0.722. The minimum absolute atomic E-state index is 0.674. The summed E-state index contributed by atoms with van der Waals surface area (Å²) in [5, 5.41) is 4.70. The van der Waals surface area contributed by atoms with Gasteiger partial charge < -0.3 is 15.0 Å². The number of benzene rings is 2. The Bertz CT molecular complexity index is 746. The number of hydrogen-bond acceptors (Lipinski definition) is 2. The molecule has 0 saturated heterocycles. The number of hydrogen-bond donors (Lipinski definition) is 2. The molecule has 3 aromatic rings. The van der Waals surface area contributed by atoms with Gasteiger partial charge in [-0.1, -0.05) is 12.1 Å². The normalized spacial score (nSPS) is 10.8. The highest BCUT2D eigenvalue weighted by Gasteiger charge is 2.04. The van der Waals surface area contributed by atoms with E-state index in [9.17, 15) is 0 Å². The van der Waals surface area contributed by atoms with Gasteiger partial charge in [-0.25, -0.2) is 0 Å². The van der Waals surface area contributed by atoms with Gasteiger partial charge in [0.15, 0.2) is 0 Å². The molecule has 0 fully saturated rings. The molecule has 3 heteroatoms. The molecule has 2 aromatic carbocycles. The van der Waals surface area contributed by atoms with E-state index in [1.54, 1.807) is 0 Å². The highest BCUT2D eigenvalue weighted by atomic mass is 16.5. The first kappa shape index (κ1) is 13.6. The third kappa shape index (κ3) is 3.02. The lowest BCUT2D eigenvalue weighted by atomic mass is 10.1. The van der Waals surface area contributed by atoms with E-state index in [1.165, 1.54) is 22.0 Å². The summed E-state index contributed by atoms with van der Waals surface area (Å²) >= 11 is 0. The van der Waals surface area contributed by atoms with E-state index < -0.39 is 0 Å². The zero-order valence-corrected chi connectivity index (χ0v) is 12.4. The smallest absolute Gasteiger partial charge is 0.142 e. The van der Waals surface area contributed by atoms with Crippen LogP contribution < -0.4 is 10.1 Å². The van der Waals surface area contributed by atoms with Gasteiger partial charge >= 0.3 is 0 Å². The lowest BCUT2D eigenvalue weighted by molar-refractivity contribution is 0.341. The molecule has 21 heavy (non-hydrogen) atoms. The Hall–Kier alpha value is -2.42. The summed E-state index contributed by atoms with van der Waals surface area (Å²) in [6, 6.07) is 14.8. The van der Waals surface area contributed by atoms with Crippen molar-refractivity contribution in [3.05, 3.63) is 59.8 Å². The Morgan fingerprint density at radius 1 is 1.10 bits per heavy atom. The fourth-order valence-corrected chi connectivity index (χ4v) is 2.46. The molecule has 0 unspecified atom stereocenters. The van der Waals surface area contributed by atoms with Crippen LogP contribution in [-0.2, 0) is 6.54 Å². The minimum Gasteiger partial charge on any atom is -0.492 e. The van der Waals surface area contributed by atoms with Crippen LogP contribution in [0.4, 0.5) is 5.69 Å². The van der Waals surface area contributed by atoms with Crippen LogP contribution in [-0.4, -0.2) is 11.6 Å². The second-order valence-electron chi connectivity index (χ2n) is 5.19. The first-order chi connectivity index (χ1) is 10.3. The topological polar surface area (TPSA) is 37.0 Å². The highest BCUT2D eigenvalue weighted by Crippen LogP contribution is 2.26. The molecular formula is C18H20N2O. The molecular weight excluding hydrogens is 260 g/mol. The van der Waals surface area contributed by atoms with Crippen LogP contribution >= 0.6 is 0 Å². The molecule has 3 nitrogen and oxygen atoms in total. The number of rotatable bonds is 5. The highest BCUT2D eigenvalue weighted by molar-refractivity contribution is 5.80. The number of ether oxygens (including phenoxy) is 1. The number of anilines is 1. The Morgan fingerprint density at radius 3 is 2.86 bits per heavy atom. The van der Waals surface area contributed by atoms with Gasteiger partial charge in [0.2, 0.25) is 0 Å². The van der Waals surface area contributed by atoms with Gasteiger partial charge in [0.1, 0.15) is 5.75 Å². The third-order valence-corrected chi connectivity index (χ3v) is 3.54. The van der Waals surface area contributed by atoms with E-state index in [2.05, 4.69) is 59.7 Å². The van der Waals surface area contributed by atoms with Gasteiger partial charge in [-0.05, 0) is 60.7 Å². The van der Waals surface area contributed by atoms with Gasteiger partial charge in [-0.15, -0.1) is 0 Å². The fourth-order valence-electron chi connectivity index (χ4n) is 2.46. The SMILES string of the molecule is CCOc1cc(C)ccc1NCc1ccc2[nH]ccc2c1.